The van der Waals surface area contributed by atoms with E-state index in [1.807, 2.05) is 12.3 Å². The maximum Gasteiger partial charge on any atom is 0.158 e. The highest BCUT2D eigenvalue weighted by molar-refractivity contribution is 5.52. The van der Waals surface area contributed by atoms with Gasteiger partial charge in [-0.1, -0.05) is 0 Å². The van der Waals surface area contributed by atoms with Gasteiger partial charge >= 0.3 is 0 Å². The smallest absolute Gasteiger partial charge is 0.158 e. The van der Waals surface area contributed by atoms with Crippen LogP contribution in [0.2, 0.25) is 0 Å². The minimum absolute atomic E-state index is 0.288. The molecular formula is C11H12N6O. The number of hydrogen-bond donors (Lipinski definition) is 1. The Morgan fingerprint density at radius 1 is 1.39 bits per heavy atom. The molecule has 7 nitrogen and oxygen atoms in total. The van der Waals surface area contributed by atoms with Crippen LogP contribution in [0.25, 0.3) is 0 Å². The Balaban J connectivity index is 2.00. The van der Waals surface area contributed by atoms with E-state index in [1.165, 1.54) is 12.4 Å². The molecule has 2 aromatic heterocycles. The first-order valence-electron chi connectivity index (χ1n) is 5.32. The first-order chi connectivity index (χ1) is 8.81. The number of methoxy groups -OCH3 is 1. The largest absolute Gasteiger partial charge is 0.383 e. The molecule has 18 heavy (non-hydrogen) atoms. The third-order valence-electron chi connectivity index (χ3n) is 2.20. The van der Waals surface area contributed by atoms with Crippen LogP contribution in [0.1, 0.15) is 5.69 Å². The lowest BCUT2D eigenvalue weighted by Gasteiger charge is -2.01. The Kier molecular flexibility index (Phi) is 3.83. The molecule has 0 aliphatic heterocycles. The van der Waals surface area contributed by atoms with Gasteiger partial charge in [0.2, 0.25) is 0 Å². The third kappa shape index (κ3) is 3.02. The van der Waals surface area contributed by atoms with Gasteiger partial charge in [0.25, 0.3) is 0 Å². The van der Waals surface area contributed by atoms with Crippen LogP contribution in [-0.2, 0) is 11.3 Å². The number of nitrogens with one attached hydrogen (secondary N) is 1. The van der Waals surface area contributed by atoms with Gasteiger partial charge in [-0.15, -0.1) is 0 Å². The molecule has 0 bridgehead atoms. The fraction of sp³-hybridized carbons (Fsp3) is 0.273. The molecule has 0 saturated carbocycles. The average molecular weight is 244 g/mol. The third-order valence-corrected chi connectivity index (χ3v) is 2.20. The summed E-state index contributed by atoms with van der Waals surface area (Å²) < 4.78 is 6.73. The zero-order valence-electron chi connectivity index (χ0n) is 9.87. The molecule has 0 aromatic carbocycles. The van der Waals surface area contributed by atoms with Crippen molar-refractivity contribution in [2.24, 2.45) is 0 Å². The van der Waals surface area contributed by atoms with Gasteiger partial charge in [-0.05, 0) is 0 Å². The second-order valence-corrected chi connectivity index (χ2v) is 3.51. The molecule has 0 amide bonds. The molecule has 2 heterocycles. The second-order valence-electron chi connectivity index (χ2n) is 3.51. The average Bonchev–Trinajstić information content (AvgIpc) is 2.85. The number of ether oxygens (including phenoxy) is 1. The lowest BCUT2D eigenvalue weighted by Crippen LogP contribution is -2.04. The molecule has 0 atom stereocenters. The molecule has 7 heteroatoms. The Hall–Kier alpha value is -2.46. The molecule has 0 fully saturated rings. The predicted molar refractivity (Wildman–Crippen MR) is 64.1 cm³/mol. The van der Waals surface area contributed by atoms with Gasteiger partial charge in [-0.25, -0.2) is 9.97 Å². The zero-order chi connectivity index (χ0) is 12.8. The lowest BCUT2D eigenvalue weighted by atomic mass is 10.5. The van der Waals surface area contributed by atoms with Gasteiger partial charge in [0.1, 0.15) is 11.9 Å². The van der Waals surface area contributed by atoms with E-state index < -0.39 is 0 Å². The quantitative estimate of drug-likeness (QED) is 0.841. The summed E-state index contributed by atoms with van der Waals surface area (Å²) in [6.07, 6.45) is 6.46. The van der Waals surface area contributed by atoms with Gasteiger partial charge in [0.15, 0.2) is 5.69 Å². The van der Waals surface area contributed by atoms with E-state index in [-0.39, 0.29) is 5.69 Å². The van der Waals surface area contributed by atoms with Crippen molar-refractivity contribution in [1.82, 2.24) is 19.7 Å². The van der Waals surface area contributed by atoms with Crippen molar-refractivity contribution in [3.63, 3.8) is 0 Å². The van der Waals surface area contributed by atoms with Crippen LogP contribution in [0, 0.1) is 11.3 Å². The number of anilines is 2. The minimum Gasteiger partial charge on any atom is -0.383 e. The highest BCUT2D eigenvalue weighted by atomic mass is 16.5. The van der Waals surface area contributed by atoms with E-state index in [2.05, 4.69) is 20.4 Å². The molecule has 2 rings (SSSR count). The Morgan fingerprint density at radius 3 is 2.94 bits per heavy atom. The number of nitrogens with zero attached hydrogens (tertiary/aromatic N) is 5. The van der Waals surface area contributed by atoms with Crippen molar-refractivity contribution < 1.29 is 4.74 Å². The Labute approximate surface area is 104 Å². The van der Waals surface area contributed by atoms with Crippen LogP contribution >= 0.6 is 0 Å². The van der Waals surface area contributed by atoms with Crippen molar-refractivity contribution in [2.45, 2.75) is 6.54 Å². The van der Waals surface area contributed by atoms with Crippen LogP contribution in [0.4, 0.5) is 11.5 Å². The van der Waals surface area contributed by atoms with Crippen molar-refractivity contribution >= 4 is 11.5 Å². The van der Waals surface area contributed by atoms with E-state index in [9.17, 15) is 0 Å². The topological polar surface area (TPSA) is 88.6 Å². The van der Waals surface area contributed by atoms with Gasteiger partial charge in [-0.3, -0.25) is 4.68 Å². The monoisotopic (exact) mass is 244 g/mol. The Morgan fingerprint density at radius 2 is 2.28 bits per heavy atom. The minimum atomic E-state index is 0.288. The molecule has 92 valence electrons. The lowest BCUT2D eigenvalue weighted by molar-refractivity contribution is 0.183. The second kappa shape index (κ2) is 5.75. The van der Waals surface area contributed by atoms with E-state index in [0.29, 0.717) is 19.0 Å². The summed E-state index contributed by atoms with van der Waals surface area (Å²) in [5, 5.41) is 15.8. The standard InChI is InChI=1S/C11H12N6O/c1-18-3-2-17-8-10(6-15-17)16-11-7-13-9(4-12)5-14-11/h5-8H,2-3H2,1H3,(H,14,16). The SMILES string of the molecule is COCCn1cc(Nc2cnc(C#N)cn2)cn1. The van der Waals surface area contributed by atoms with E-state index in [1.54, 1.807) is 18.0 Å². The van der Waals surface area contributed by atoms with Crippen LogP contribution in [0.3, 0.4) is 0 Å². The first-order valence-corrected chi connectivity index (χ1v) is 5.32. The van der Waals surface area contributed by atoms with Crippen LogP contribution in [-0.4, -0.2) is 33.5 Å². The number of nitriles is 1. The Bertz CT molecular complexity index is 541. The molecule has 0 radical (unpaired) electrons. The number of hydrogen-bond acceptors (Lipinski definition) is 6. The summed E-state index contributed by atoms with van der Waals surface area (Å²) in [7, 11) is 1.65. The van der Waals surface area contributed by atoms with Crippen molar-refractivity contribution in [2.75, 3.05) is 19.0 Å². The fourth-order valence-electron chi connectivity index (χ4n) is 1.33. The molecular weight excluding hydrogens is 232 g/mol. The molecule has 0 aliphatic carbocycles. The van der Waals surface area contributed by atoms with Crippen molar-refractivity contribution in [3.8, 4) is 6.07 Å². The van der Waals surface area contributed by atoms with E-state index in [0.717, 1.165) is 5.69 Å². The summed E-state index contributed by atoms with van der Waals surface area (Å²) in [5.74, 6) is 0.570. The van der Waals surface area contributed by atoms with Crippen LogP contribution in [0.15, 0.2) is 24.8 Å². The molecule has 0 unspecified atom stereocenters. The summed E-state index contributed by atoms with van der Waals surface area (Å²) >= 11 is 0. The molecule has 0 aliphatic rings. The first kappa shape index (κ1) is 12.0. The van der Waals surface area contributed by atoms with Crippen LogP contribution in [0.5, 0.6) is 0 Å². The maximum absolute atomic E-state index is 8.61. The highest BCUT2D eigenvalue weighted by Crippen LogP contribution is 2.12. The van der Waals surface area contributed by atoms with Crippen molar-refractivity contribution in [3.05, 3.63) is 30.5 Å². The summed E-state index contributed by atoms with van der Waals surface area (Å²) in [4.78, 5) is 7.97. The van der Waals surface area contributed by atoms with Gasteiger partial charge in [0.05, 0.1) is 37.4 Å². The molecule has 0 spiro atoms. The highest BCUT2D eigenvalue weighted by Gasteiger charge is 2.01. The van der Waals surface area contributed by atoms with Gasteiger partial charge < -0.3 is 10.1 Å². The van der Waals surface area contributed by atoms with E-state index in [4.69, 9.17) is 10.00 Å². The van der Waals surface area contributed by atoms with Gasteiger partial charge in [-0.2, -0.15) is 10.4 Å². The summed E-state index contributed by atoms with van der Waals surface area (Å²) in [5.41, 5.74) is 1.10. The zero-order valence-corrected chi connectivity index (χ0v) is 9.87. The van der Waals surface area contributed by atoms with Crippen LogP contribution < -0.4 is 5.32 Å². The van der Waals surface area contributed by atoms with Crippen molar-refractivity contribution in [1.29, 1.82) is 5.26 Å². The molecule has 1 N–H and O–H groups in total. The predicted octanol–water partition coefficient (Wildman–Crippen LogP) is 0.935. The summed E-state index contributed by atoms with van der Waals surface area (Å²) in [6.45, 7) is 1.30. The molecule has 2 aromatic rings. The number of aromatic nitrogens is 4. The fourth-order valence-corrected chi connectivity index (χ4v) is 1.33. The summed E-state index contributed by atoms with van der Waals surface area (Å²) in [6, 6.07) is 1.91. The van der Waals surface area contributed by atoms with E-state index >= 15 is 0 Å². The maximum atomic E-state index is 8.61. The molecule has 0 saturated heterocycles. The normalized spacial score (nSPS) is 10.0. The van der Waals surface area contributed by atoms with Gasteiger partial charge in [0, 0.05) is 13.3 Å². The number of rotatable bonds is 5.